The second-order valence-electron chi connectivity index (χ2n) is 7.93. The summed E-state index contributed by atoms with van der Waals surface area (Å²) >= 11 is 0. The maximum Gasteiger partial charge on any atom is 0.192 e. The Morgan fingerprint density at radius 2 is 1.90 bits per heavy atom. The van der Waals surface area contributed by atoms with Gasteiger partial charge in [0.05, 0.1) is 11.9 Å². The molecule has 6 heteroatoms. The lowest BCUT2D eigenvalue weighted by molar-refractivity contribution is 0.0783. The second-order valence-corrected chi connectivity index (χ2v) is 14.9. The van der Waals surface area contributed by atoms with Gasteiger partial charge in [-0.25, -0.2) is 8.42 Å². The molecule has 1 aliphatic heterocycles. The first-order chi connectivity index (χ1) is 9.41. The van der Waals surface area contributed by atoms with E-state index in [1.54, 1.807) is 0 Å². The Morgan fingerprint density at radius 1 is 1.29 bits per heavy atom. The van der Waals surface area contributed by atoms with E-state index in [0.29, 0.717) is 6.10 Å². The van der Waals surface area contributed by atoms with Gasteiger partial charge in [0.1, 0.15) is 9.84 Å². The lowest BCUT2D eigenvalue weighted by atomic mass is 10.1. The number of likely N-dealkylation sites (tertiary alicyclic amines) is 1. The van der Waals surface area contributed by atoms with Crippen LogP contribution in [0.4, 0.5) is 0 Å². The number of sulfone groups is 1. The molecule has 0 aromatic rings. The van der Waals surface area contributed by atoms with Crippen LogP contribution < -0.4 is 0 Å². The highest BCUT2D eigenvalue weighted by Gasteiger charge is 2.39. The van der Waals surface area contributed by atoms with Gasteiger partial charge in [0.15, 0.2) is 8.32 Å². The van der Waals surface area contributed by atoms with E-state index in [4.69, 9.17) is 4.43 Å². The lowest BCUT2D eigenvalue weighted by Gasteiger charge is -2.42. The molecule has 126 valence electrons. The third-order valence-electron chi connectivity index (χ3n) is 4.72. The van der Waals surface area contributed by atoms with Gasteiger partial charge in [-0.1, -0.05) is 20.8 Å². The van der Waals surface area contributed by atoms with Crippen LogP contribution in [0.5, 0.6) is 0 Å². The van der Waals surface area contributed by atoms with Crippen LogP contribution in [0.3, 0.4) is 0 Å². The normalized spacial score (nSPS) is 22.5. The van der Waals surface area contributed by atoms with Crippen LogP contribution in [-0.2, 0) is 14.3 Å². The van der Waals surface area contributed by atoms with Crippen LogP contribution in [0.15, 0.2) is 0 Å². The second kappa shape index (κ2) is 7.11. The highest BCUT2D eigenvalue weighted by Crippen LogP contribution is 2.38. The standard InChI is InChI=1S/C15H33NO3SSi/c1-15(2,3)21(5,6)19-14-9-7-10-16(13-14)11-8-12-20(4,17)18/h14H,7-13H2,1-6H3. The molecule has 0 saturated carbocycles. The first-order valence-corrected chi connectivity index (χ1v) is 13.0. The van der Waals surface area contributed by atoms with Gasteiger partial charge >= 0.3 is 0 Å². The van der Waals surface area contributed by atoms with E-state index < -0.39 is 18.2 Å². The van der Waals surface area contributed by atoms with E-state index >= 15 is 0 Å². The van der Waals surface area contributed by atoms with E-state index in [9.17, 15) is 8.42 Å². The molecule has 4 nitrogen and oxygen atoms in total. The maximum absolute atomic E-state index is 11.2. The van der Waals surface area contributed by atoms with Crippen LogP contribution in [0.1, 0.15) is 40.0 Å². The molecule has 0 aromatic carbocycles. The number of rotatable bonds is 6. The zero-order valence-corrected chi connectivity index (χ0v) is 16.4. The first-order valence-electron chi connectivity index (χ1n) is 7.99. The van der Waals surface area contributed by atoms with E-state index in [1.165, 1.54) is 6.26 Å². The molecule has 0 aromatic heterocycles. The minimum absolute atomic E-state index is 0.242. The Morgan fingerprint density at radius 3 is 2.43 bits per heavy atom. The third-order valence-corrected chi connectivity index (χ3v) is 10.3. The molecule has 1 aliphatic rings. The van der Waals surface area contributed by atoms with Crippen molar-refractivity contribution in [3.05, 3.63) is 0 Å². The van der Waals surface area contributed by atoms with Crippen molar-refractivity contribution in [1.82, 2.24) is 4.90 Å². The topological polar surface area (TPSA) is 46.6 Å². The summed E-state index contributed by atoms with van der Waals surface area (Å²) in [6.45, 7) is 14.3. The summed E-state index contributed by atoms with van der Waals surface area (Å²) in [5.74, 6) is 0.289. The molecule has 1 fully saturated rings. The fourth-order valence-corrected chi connectivity index (χ4v) is 4.49. The maximum atomic E-state index is 11.2. The predicted molar refractivity (Wildman–Crippen MR) is 92.1 cm³/mol. The van der Waals surface area contributed by atoms with Crippen LogP contribution >= 0.6 is 0 Å². The van der Waals surface area contributed by atoms with Gasteiger partial charge in [0, 0.05) is 12.8 Å². The van der Waals surface area contributed by atoms with Gasteiger partial charge in [-0.15, -0.1) is 0 Å². The summed E-state index contributed by atoms with van der Waals surface area (Å²) in [6.07, 6.45) is 4.64. The van der Waals surface area contributed by atoms with E-state index in [-0.39, 0.29) is 10.8 Å². The van der Waals surface area contributed by atoms with Crippen molar-refractivity contribution in [3.63, 3.8) is 0 Å². The minimum atomic E-state index is -2.84. The Kier molecular flexibility index (Phi) is 6.48. The molecule has 1 atom stereocenters. The van der Waals surface area contributed by atoms with Crippen molar-refractivity contribution in [3.8, 4) is 0 Å². The highest BCUT2D eigenvalue weighted by molar-refractivity contribution is 7.90. The summed E-state index contributed by atoms with van der Waals surface area (Å²) in [5.41, 5.74) is 0. The van der Waals surface area contributed by atoms with Gasteiger partial charge in [0.2, 0.25) is 0 Å². The summed E-state index contributed by atoms with van der Waals surface area (Å²) in [7, 11) is -4.54. The molecule has 0 radical (unpaired) electrons. The molecule has 0 amide bonds. The molecule has 1 rings (SSSR count). The van der Waals surface area contributed by atoms with Gasteiger partial charge < -0.3 is 9.33 Å². The Bertz CT molecular complexity index is 429. The summed E-state index contributed by atoms with van der Waals surface area (Å²) in [5, 5.41) is 0.242. The van der Waals surface area contributed by atoms with Crippen molar-refractivity contribution in [2.24, 2.45) is 0 Å². The van der Waals surface area contributed by atoms with Crippen LogP contribution in [0, 0.1) is 0 Å². The summed E-state index contributed by atoms with van der Waals surface area (Å²) in [4.78, 5) is 2.37. The third kappa shape index (κ3) is 6.80. The Hall–Kier alpha value is 0.0869. The average molecular weight is 336 g/mol. The molecule has 1 heterocycles. The van der Waals surface area contributed by atoms with Crippen molar-refractivity contribution >= 4 is 18.2 Å². The fourth-order valence-electron chi connectivity index (χ4n) is 2.46. The Balaban J connectivity index is 2.46. The fraction of sp³-hybridized carbons (Fsp3) is 1.00. The van der Waals surface area contributed by atoms with Crippen molar-refractivity contribution in [2.45, 2.75) is 64.3 Å². The first kappa shape index (κ1) is 19.1. The average Bonchev–Trinajstić information content (AvgIpc) is 2.25. The molecular weight excluding hydrogens is 302 g/mol. The van der Waals surface area contributed by atoms with Crippen LogP contribution in [0.25, 0.3) is 0 Å². The Labute approximate surface area is 132 Å². The molecule has 0 bridgehead atoms. The van der Waals surface area contributed by atoms with Gasteiger partial charge in [-0.3, -0.25) is 0 Å². The van der Waals surface area contributed by atoms with Crippen LogP contribution in [0.2, 0.25) is 18.1 Å². The van der Waals surface area contributed by atoms with Gasteiger partial charge in [-0.2, -0.15) is 0 Å². The lowest BCUT2D eigenvalue weighted by Crippen LogP contribution is -2.49. The molecule has 0 aliphatic carbocycles. The molecule has 1 unspecified atom stereocenters. The molecule has 0 N–H and O–H groups in total. The zero-order valence-electron chi connectivity index (χ0n) is 14.6. The summed E-state index contributed by atoms with van der Waals surface area (Å²) < 4.78 is 28.9. The van der Waals surface area contributed by atoms with E-state index in [0.717, 1.165) is 38.9 Å². The molecule has 0 spiro atoms. The largest absolute Gasteiger partial charge is 0.413 e. The number of hydrogen-bond donors (Lipinski definition) is 0. The SMILES string of the molecule is CC(C)(C)[Si](C)(C)OC1CCCN(CCCS(C)(=O)=O)C1. The van der Waals surface area contributed by atoms with E-state index in [2.05, 4.69) is 38.8 Å². The predicted octanol–water partition coefficient (Wildman–Crippen LogP) is 2.91. The highest BCUT2D eigenvalue weighted by atomic mass is 32.2. The molecular formula is C15H33NO3SSi. The quantitative estimate of drug-likeness (QED) is 0.700. The van der Waals surface area contributed by atoms with Crippen molar-refractivity contribution in [1.29, 1.82) is 0 Å². The minimum Gasteiger partial charge on any atom is -0.413 e. The number of hydrogen-bond acceptors (Lipinski definition) is 4. The monoisotopic (exact) mass is 335 g/mol. The van der Waals surface area contributed by atoms with Crippen LogP contribution in [-0.4, -0.2) is 59.4 Å². The van der Waals surface area contributed by atoms with E-state index in [1.807, 2.05) is 0 Å². The molecule has 1 saturated heterocycles. The molecule has 21 heavy (non-hydrogen) atoms. The van der Waals surface area contributed by atoms with Gasteiger partial charge in [0.25, 0.3) is 0 Å². The van der Waals surface area contributed by atoms with Crippen molar-refractivity contribution in [2.75, 3.05) is 31.6 Å². The number of nitrogens with zero attached hydrogens (tertiary/aromatic N) is 1. The van der Waals surface area contributed by atoms with Gasteiger partial charge in [-0.05, 0) is 50.5 Å². The zero-order chi connectivity index (χ0) is 16.3. The smallest absolute Gasteiger partial charge is 0.192 e. The summed E-state index contributed by atoms with van der Waals surface area (Å²) in [6, 6.07) is 0. The number of piperidine rings is 1. The van der Waals surface area contributed by atoms with Crippen molar-refractivity contribution < 1.29 is 12.8 Å².